The zero-order chi connectivity index (χ0) is 23.2. The molecule has 5 heteroatoms. The smallest absolute Gasteiger partial charge is 0.255 e. The molecule has 0 spiro atoms. The van der Waals surface area contributed by atoms with Gasteiger partial charge >= 0.3 is 0 Å². The van der Waals surface area contributed by atoms with Gasteiger partial charge in [0.25, 0.3) is 11.8 Å². The Bertz CT molecular complexity index is 1190. The van der Waals surface area contributed by atoms with Crippen molar-refractivity contribution in [3.8, 4) is 0 Å². The van der Waals surface area contributed by atoms with Crippen molar-refractivity contribution in [3.05, 3.63) is 101 Å². The third-order valence-electron chi connectivity index (χ3n) is 5.89. The summed E-state index contributed by atoms with van der Waals surface area (Å²) in [6.07, 6.45) is 7.30. The van der Waals surface area contributed by atoms with Gasteiger partial charge in [0.05, 0.1) is 17.1 Å². The first-order valence-corrected chi connectivity index (χ1v) is 10.5. The predicted octanol–water partition coefficient (Wildman–Crippen LogP) is 5.08. The number of nitrogens with zero attached hydrogens (tertiary/aromatic N) is 2. The first kappa shape index (κ1) is 21.4. The van der Waals surface area contributed by atoms with Crippen LogP contribution in [0.15, 0.2) is 73.1 Å². The second-order valence-corrected chi connectivity index (χ2v) is 8.31. The van der Waals surface area contributed by atoms with Crippen molar-refractivity contribution in [1.29, 1.82) is 0 Å². The molecule has 2 aromatic carbocycles. The molecular formula is C27H27N3O2. The summed E-state index contributed by atoms with van der Waals surface area (Å²) < 4.78 is 0. The van der Waals surface area contributed by atoms with E-state index in [1.807, 2.05) is 27.8 Å². The average molecular weight is 426 g/mol. The van der Waals surface area contributed by atoms with Gasteiger partial charge in [0.15, 0.2) is 0 Å². The van der Waals surface area contributed by atoms with E-state index in [4.69, 9.17) is 0 Å². The molecule has 0 aromatic heterocycles. The Morgan fingerprint density at radius 3 is 1.59 bits per heavy atom. The Labute approximate surface area is 189 Å². The lowest BCUT2D eigenvalue weighted by molar-refractivity contribution is -0.114. The second-order valence-electron chi connectivity index (χ2n) is 8.31. The zero-order valence-electron chi connectivity index (χ0n) is 19.0. The molecule has 4 rings (SSSR count). The van der Waals surface area contributed by atoms with E-state index < -0.39 is 0 Å². The summed E-state index contributed by atoms with van der Waals surface area (Å²) in [5, 5.41) is 3.24. The minimum atomic E-state index is -0.0864. The highest BCUT2D eigenvalue weighted by Crippen LogP contribution is 2.37. The molecule has 0 saturated carbocycles. The van der Waals surface area contributed by atoms with Crippen LogP contribution in [0.5, 0.6) is 0 Å². The Balaban J connectivity index is 1.67. The van der Waals surface area contributed by atoms with Crippen molar-refractivity contribution in [2.75, 3.05) is 22.2 Å². The molecule has 0 saturated heterocycles. The maximum absolute atomic E-state index is 12.4. The number of hydrogen-bond donors (Lipinski definition) is 1. The fraction of sp³-hybridized carbons (Fsp3) is 0.185. The molecule has 2 heterocycles. The quantitative estimate of drug-likeness (QED) is 0.727. The number of aryl methyl sites for hydroxylation is 3. The van der Waals surface area contributed by atoms with E-state index in [0.29, 0.717) is 11.4 Å². The van der Waals surface area contributed by atoms with Crippen LogP contribution in [0.25, 0.3) is 0 Å². The molecule has 5 nitrogen and oxygen atoms in total. The molecule has 2 aromatic rings. The molecule has 0 bridgehead atoms. The van der Waals surface area contributed by atoms with Crippen LogP contribution < -0.4 is 15.1 Å². The van der Waals surface area contributed by atoms with Gasteiger partial charge in [-0.15, -0.1) is 0 Å². The third-order valence-corrected chi connectivity index (χ3v) is 5.89. The van der Waals surface area contributed by atoms with Crippen molar-refractivity contribution >= 4 is 28.9 Å². The molecule has 0 aliphatic carbocycles. The third kappa shape index (κ3) is 3.56. The summed E-state index contributed by atoms with van der Waals surface area (Å²) in [5.41, 5.74) is 9.32. The standard InChI is InChI=1S/C27H27N3O2/c1-16-11-21(12-17(2)26(16)29-19(4)7-9-24(29)31)14-22-13-18(3)27(23(15-22)28-6)30-20(5)8-10-25(30)32/h7-13,15,28H,4-5,14H2,1-3,6H3. The molecular weight excluding hydrogens is 398 g/mol. The number of carbonyl (C=O) groups is 2. The van der Waals surface area contributed by atoms with Crippen LogP contribution in [0.1, 0.15) is 27.8 Å². The van der Waals surface area contributed by atoms with Gasteiger partial charge in [-0.3, -0.25) is 19.4 Å². The summed E-state index contributed by atoms with van der Waals surface area (Å²) in [6, 6.07) is 8.44. The number of benzene rings is 2. The van der Waals surface area contributed by atoms with Gasteiger partial charge in [-0.2, -0.15) is 0 Å². The van der Waals surface area contributed by atoms with Gasteiger partial charge in [-0.05, 0) is 73.2 Å². The Morgan fingerprint density at radius 2 is 1.16 bits per heavy atom. The number of allylic oxidation sites excluding steroid dienone is 2. The average Bonchev–Trinajstić information content (AvgIpc) is 3.23. The maximum atomic E-state index is 12.4. The lowest BCUT2D eigenvalue weighted by Crippen LogP contribution is -2.25. The molecule has 162 valence electrons. The highest BCUT2D eigenvalue weighted by atomic mass is 16.2. The first-order chi connectivity index (χ1) is 15.2. The molecule has 2 amide bonds. The van der Waals surface area contributed by atoms with E-state index in [1.54, 1.807) is 28.0 Å². The van der Waals surface area contributed by atoms with Crippen molar-refractivity contribution in [3.63, 3.8) is 0 Å². The number of hydrogen-bond acceptors (Lipinski definition) is 3. The fourth-order valence-corrected chi connectivity index (χ4v) is 4.60. The van der Waals surface area contributed by atoms with Crippen LogP contribution in [0, 0.1) is 20.8 Å². The van der Waals surface area contributed by atoms with Crippen molar-refractivity contribution in [2.24, 2.45) is 0 Å². The number of carbonyl (C=O) groups excluding carboxylic acids is 2. The number of nitrogens with one attached hydrogen (secondary N) is 1. The lowest BCUT2D eigenvalue weighted by atomic mass is 9.96. The zero-order valence-corrected chi connectivity index (χ0v) is 19.0. The van der Waals surface area contributed by atoms with Crippen molar-refractivity contribution in [1.82, 2.24) is 0 Å². The molecule has 1 N–H and O–H groups in total. The summed E-state index contributed by atoms with van der Waals surface area (Å²) in [6.45, 7) is 14.0. The summed E-state index contributed by atoms with van der Waals surface area (Å²) in [7, 11) is 1.86. The van der Waals surface area contributed by atoms with E-state index in [-0.39, 0.29) is 11.8 Å². The normalized spacial score (nSPS) is 15.5. The van der Waals surface area contributed by atoms with Gasteiger partial charge in [0, 0.05) is 30.6 Å². The Hall–Kier alpha value is -3.86. The van der Waals surface area contributed by atoms with Crippen LogP contribution in [-0.2, 0) is 16.0 Å². The summed E-state index contributed by atoms with van der Waals surface area (Å²) in [5.74, 6) is -0.150. The number of rotatable bonds is 5. The monoisotopic (exact) mass is 425 g/mol. The van der Waals surface area contributed by atoms with Gasteiger partial charge in [0.2, 0.25) is 0 Å². The topological polar surface area (TPSA) is 52.7 Å². The van der Waals surface area contributed by atoms with E-state index >= 15 is 0 Å². The molecule has 0 unspecified atom stereocenters. The highest BCUT2D eigenvalue weighted by molar-refractivity contribution is 6.10. The van der Waals surface area contributed by atoms with Gasteiger partial charge in [0.1, 0.15) is 0 Å². The van der Waals surface area contributed by atoms with Gasteiger partial charge in [-0.1, -0.05) is 31.4 Å². The summed E-state index contributed by atoms with van der Waals surface area (Å²) >= 11 is 0. The van der Waals surface area contributed by atoms with Crippen molar-refractivity contribution in [2.45, 2.75) is 27.2 Å². The summed E-state index contributed by atoms with van der Waals surface area (Å²) in [4.78, 5) is 28.0. The highest BCUT2D eigenvalue weighted by Gasteiger charge is 2.26. The van der Waals surface area contributed by atoms with E-state index in [9.17, 15) is 9.59 Å². The number of anilines is 3. The Morgan fingerprint density at radius 1 is 0.719 bits per heavy atom. The maximum Gasteiger partial charge on any atom is 0.255 e. The van der Waals surface area contributed by atoms with Crippen molar-refractivity contribution < 1.29 is 9.59 Å². The Kier molecular flexibility index (Phi) is 5.35. The first-order valence-electron chi connectivity index (χ1n) is 10.5. The second kappa shape index (κ2) is 8.00. The lowest BCUT2D eigenvalue weighted by Gasteiger charge is -2.25. The van der Waals surface area contributed by atoms with Crippen LogP contribution in [0.2, 0.25) is 0 Å². The van der Waals surface area contributed by atoms with Crippen LogP contribution >= 0.6 is 0 Å². The molecule has 0 atom stereocenters. The minimum absolute atomic E-state index is 0.0636. The van der Waals surface area contributed by atoms with Crippen LogP contribution in [0.3, 0.4) is 0 Å². The largest absolute Gasteiger partial charge is 0.386 e. The minimum Gasteiger partial charge on any atom is -0.386 e. The van der Waals surface area contributed by atoms with Gasteiger partial charge < -0.3 is 5.32 Å². The van der Waals surface area contributed by atoms with Crippen LogP contribution in [0.4, 0.5) is 17.1 Å². The van der Waals surface area contributed by atoms with Gasteiger partial charge in [-0.25, -0.2) is 0 Å². The number of amides is 2. The fourth-order valence-electron chi connectivity index (χ4n) is 4.60. The van der Waals surface area contributed by atoms with E-state index in [0.717, 1.165) is 51.3 Å². The molecule has 2 aliphatic rings. The molecule has 2 aliphatic heterocycles. The van der Waals surface area contributed by atoms with E-state index in [2.05, 4.69) is 42.7 Å². The molecule has 32 heavy (non-hydrogen) atoms. The van der Waals surface area contributed by atoms with Crippen LogP contribution in [-0.4, -0.2) is 18.9 Å². The predicted molar refractivity (Wildman–Crippen MR) is 131 cm³/mol. The SMILES string of the molecule is C=C1C=CC(=O)N1c1c(C)cc(Cc2cc(C)c(N3C(=C)C=CC3=O)c(NC)c2)cc1C. The molecule has 0 radical (unpaired) electrons. The molecule has 0 fully saturated rings. The van der Waals surface area contributed by atoms with E-state index in [1.165, 1.54) is 6.08 Å².